The van der Waals surface area contributed by atoms with E-state index in [-0.39, 0.29) is 0 Å². The molecule has 0 aromatic heterocycles. The lowest BCUT2D eigenvalue weighted by molar-refractivity contribution is -0.901. The Labute approximate surface area is 121 Å². The van der Waals surface area contributed by atoms with Crippen LogP contribution in [0.1, 0.15) is 30.9 Å². The van der Waals surface area contributed by atoms with Crippen molar-refractivity contribution in [2.75, 3.05) is 19.6 Å². The van der Waals surface area contributed by atoms with Crippen molar-refractivity contribution in [1.29, 1.82) is 0 Å². The fraction of sp³-hybridized carbons (Fsp3) is 0.533. The summed E-state index contributed by atoms with van der Waals surface area (Å²) < 4.78 is 0. The van der Waals surface area contributed by atoms with Crippen molar-refractivity contribution in [2.45, 2.75) is 32.9 Å². The minimum Gasteiger partial charge on any atom is -0.363 e. The average Bonchev–Trinajstić information content (AvgIpc) is 2.91. The van der Waals surface area contributed by atoms with Crippen molar-refractivity contribution >= 4 is 17.3 Å². The first-order valence-electron chi connectivity index (χ1n) is 7.21. The van der Waals surface area contributed by atoms with Gasteiger partial charge in [0, 0.05) is 31.5 Å². The van der Waals surface area contributed by atoms with E-state index in [0.717, 1.165) is 18.2 Å². The van der Waals surface area contributed by atoms with Crippen molar-refractivity contribution in [3.05, 3.63) is 35.4 Å². The van der Waals surface area contributed by atoms with E-state index < -0.39 is 0 Å². The Bertz CT molecular complexity index is 396. The van der Waals surface area contributed by atoms with Crippen molar-refractivity contribution in [2.24, 2.45) is 0 Å². The fourth-order valence-corrected chi connectivity index (χ4v) is 2.74. The summed E-state index contributed by atoms with van der Waals surface area (Å²) in [4.78, 5) is 1.72. The molecule has 3 N–H and O–H groups in total. The molecular weight excluding hydrogens is 254 g/mol. The Morgan fingerprint density at radius 1 is 1.11 bits per heavy atom. The van der Waals surface area contributed by atoms with Crippen molar-refractivity contribution in [3.63, 3.8) is 0 Å². The molecule has 1 aliphatic rings. The summed E-state index contributed by atoms with van der Waals surface area (Å²) in [6, 6.07) is 8.90. The van der Waals surface area contributed by atoms with Gasteiger partial charge < -0.3 is 15.5 Å². The molecule has 1 saturated heterocycles. The van der Waals surface area contributed by atoms with E-state index in [9.17, 15) is 0 Å². The molecule has 0 atom stereocenters. The van der Waals surface area contributed by atoms with Crippen LogP contribution in [0.4, 0.5) is 0 Å². The molecule has 0 spiro atoms. The lowest BCUT2D eigenvalue weighted by Gasteiger charge is -2.13. The van der Waals surface area contributed by atoms with Crippen LogP contribution in [-0.2, 0) is 13.1 Å². The SMILES string of the molecule is CCNC(=S)NCc1ccc(C[NH+]2CCCC2)cc1. The second-order valence-corrected chi connectivity index (χ2v) is 5.57. The number of rotatable bonds is 5. The van der Waals surface area contributed by atoms with Gasteiger partial charge in [-0.25, -0.2) is 0 Å². The van der Waals surface area contributed by atoms with Gasteiger partial charge in [0.15, 0.2) is 5.11 Å². The normalized spacial score (nSPS) is 15.4. The molecule has 0 amide bonds. The van der Waals surface area contributed by atoms with Crippen LogP contribution in [0.5, 0.6) is 0 Å². The molecule has 0 bridgehead atoms. The zero-order valence-corrected chi connectivity index (χ0v) is 12.5. The first-order valence-corrected chi connectivity index (χ1v) is 7.62. The van der Waals surface area contributed by atoms with Crippen LogP contribution in [0.2, 0.25) is 0 Å². The predicted octanol–water partition coefficient (Wildman–Crippen LogP) is 0.849. The number of thiocarbonyl (C=S) groups is 1. The highest BCUT2D eigenvalue weighted by Gasteiger charge is 2.15. The van der Waals surface area contributed by atoms with Gasteiger partial charge in [-0.2, -0.15) is 0 Å². The van der Waals surface area contributed by atoms with Crippen LogP contribution in [0, 0.1) is 0 Å². The van der Waals surface area contributed by atoms with E-state index in [1.54, 1.807) is 4.90 Å². The first kappa shape index (κ1) is 14.3. The highest BCUT2D eigenvalue weighted by atomic mass is 32.1. The number of benzene rings is 1. The second kappa shape index (κ2) is 7.46. The van der Waals surface area contributed by atoms with Crippen molar-refractivity contribution < 1.29 is 4.90 Å². The Kier molecular flexibility index (Phi) is 5.61. The standard InChI is InChI=1S/C15H23N3S/c1-2-16-15(19)17-11-13-5-7-14(8-6-13)12-18-9-3-4-10-18/h5-8H,2-4,9-12H2,1H3,(H2,16,17,19)/p+1. The van der Waals surface area contributed by atoms with Crippen LogP contribution < -0.4 is 15.5 Å². The third-order valence-electron chi connectivity index (χ3n) is 3.58. The zero-order chi connectivity index (χ0) is 13.5. The smallest absolute Gasteiger partial charge is 0.166 e. The topological polar surface area (TPSA) is 28.5 Å². The maximum Gasteiger partial charge on any atom is 0.166 e. The number of hydrogen-bond acceptors (Lipinski definition) is 1. The van der Waals surface area contributed by atoms with E-state index in [2.05, 4.69) is 34.9 Å². The van der Waals surface area contributed by atoms with Gasteiger partial charge in [0.1, 0.15) is 6.54 Å². The molecule has 4 heteroatoms. The van der Waals surface area contributed by atoms with Crippen LogP contribution in [-0.4, -0.2) is 24.7 Å². The minimum absolute atomic E-state index is 0.730. The predicted molar refractivity (Wildman–Crippen MR) is 83.2 cm³/mol. The lowest BCUT2D eigenvalue weighted by atomic mass is 10.1. The molecule has 0 saturated carbocycles. The minimum atomic E-state index is 0.730. The summed E-state index contributed by atoms with van der Waals surface area (Å²) in [7, 11) is 0. The summed E-state index contributed by atoms with van der Waals surface area (Å²) >= 11 is 5.15. The Hall–Kier alpha value is -1.13. The Balaban J connectivity index is 1.79. The number of nitrogens with one attached hydrogen (secondary N) is 3. The molecular formula is C15H24N3S+. The molecule has 19 heavy (non-hydrogen) atoms. The molecule has 0 unspecified atom stereocenters. The van der Waals surface area contributed by atoms with E-state index in [0.29, 0.717) is 0 Å². The molecule has 104 valence electrons. The molecule has 1 aromatic carbocycles. The molecule has 0 aliphatic carbocycles. The molecule has 0 radical (unpaired) electrons. The highest BCUT2D eigenvalue weighted by Crippen LogP contribution is 2.04. The zero-order valence-electron chi connectivity index (χ0n) is 11.7. The van der Waals surface area contributed by atoms with Crippen LogP contribution in [0.3, 0.4) is 0 Å². The van der Waals surface area contributed by atoms with Crippen LogP contribution in [0.25, 0.3) is 0 Å². The van der Waals surface area contributed by atoms with Crippen molar-refractivity contribution in [1.82, 2.24) is 10.6 Å². The van der Waals surface area contributed by atoms with Gasteiger partial charge in [-0.15, -0.1) is 0 Å². The summed E-state index contributed by atoms with van der Waals surface area (Å²) in [5.41, 5.74) is 2.72. The van der Waals surface area contributed by atoms with Gasteiger partial charge in [-0.3, -0.25) is 0 Å². The molecule has 1 aromatic rings. The summed E-state index contributed by atoms with van der Waals surface area (Å²) in [5, 5.41) is 7.03. The van der Waals surface area contributed by atoms with E-state index in [1.165, 1.54) is 43.6 Å². The molecule has 1 fully saturated rings. The second-order valence-electron chi connectivity index (χ2n) is 5.16. The third-order valence-corrected chi connectivity index (χ3v) is 3.87. The monoisotopic (exact) mass is 278 g/mol. The van der Waals surface area contributed by atoms with Gasteiger partial charge in [0.05, 0.1) is 13.1 Å². The van der Waals surface area contributed by atoms with E-state index in [4.69, 9.17) is 12.2 Å². The molecule has 3 nitrogen and oxygen atoms in total. The average molecular weight is 278 g/mol. The fourth-order valence-electron chi connectivity index (χ4n) is 2.52. The van der Waals surface area contributed by atoms with Gasteiger partial charge in [0.2, 0.25) is 0 Å². The van der Waals surface area contributed by atoms with Gasteiger partial charge in [-0.05, 0) is 24.7 Å². The number of quaternary nitrogens is 1. The third kappa shape index (κ3) is 4.80. The largest absolute Gasteiger partial charge is 0.363 e. The molecule has 1 aliphatic heterocycles. The number of likely N-dealkylation sites (tertiary alicyclic amines) is 1. The quantitative estimate of drug-likeness (QED) is 0.698. The maximum atomic E-state index is 5.15. The van der Waals surface area contributed by atoms with E-state index in [1.807, 2.05) is 6.92 Å². The van der Waals surface area contributed by atoms with Gasteiger partial charge in [-0.1, -0.05) is 24.3 Å². The summed E-state index contributed by atoms with van der Waals surface area (Å²) in [5.74, 6) is 0. The lowest BCUT2D eigenvalue weighted by Crippen LogP contribution is -3.08. The maximum absolute atomic E-state index is 5.15. The van der Waals surface area contributed by atoms with Gasteiger partial charge >= 0.3 is 0 Å². The van der Waals surface area contributed by atoms with Crippen LogP contribution in [0.15, 0.2) is 24.3 Å². The summed E-state index contributed by atoms with van der Waals surface area (Å²) in [6.07, 6.45) is 2.78. The molecule has 1 heterocycles. The Morgan fingerprint density at radius 3 is 2.37 bits per heavy atom. The first-order chi connectivity index (χ1) is 9.28. The van der Waals surface area contributed by atoms with Crippen molar-refractivity contribution in [3.8, 4) is 0 Å². The molecule has 2 rings (SSSR count). The number of hydrogen-bond donors (Lipinski definition) is 3. The van der Waals surface area contributed by atoms with Gasteiger partial charge in [0.25, 0.3) is 0 Å². The Morgan fingerprint density at radius 2 is 1.74 bits per heavy atom. The highest BCUT2D eigenvalue weighted by molar-refractivity contribution is 7.80. The van der Waals surface area contributed by atoms with Crippen LogP contribution >= 0.6 is 12.2 Å². The van der Waals surface area contributed by atoms with E-state index >= 15 is 0 Å². The summed E-state index contributed by atoms with van der Waals surface area (Å²) in [6.45, 7) is 7.54.